The minimum absolute atomic E-state index is 0.0598. The van der Waals surface area contributed by atoms with Gasteiger partial charge in [-0.1, -0.05) is 25.0 Å². The summed E-state index contributed by atoms with van der Waals surface area (Å²) >= 11 is 0. The van der Waals surface area contributed by atoms with E-state index in [4.69, 9.17) is 0 Å². The van der Waals surface area contributed by atoms with Crippen molar-refractivity contribution in [1.82, 2.24) is 0 Å². The standard InChI is InChI=1S/C19H29FO2/c1-18-8-3-2-4-12(18)5-6-13-14(18)7-9-19(11-21)15(13)10-16(20)17(19)22/h5,13-17,21-22H,2-4,6-11H2,1H3/t13-,14-,15+,16?,17?,18+,19-/m1/s1. The molecule has 4 aliphatic carbocycles. The molecular weight excluding hydrogens is 279 g/mol. The lowest BCUT2D eigenvalue weighted by atomic mass is 9.48. The first-order valence-electron chi connectivity index (χ1n) is 9.15. The molecule has 0 heterocycles. The van der Waals surface area contributed by atoms with Gasteiger partial charge in [-0.3, -0.25) is 0 Å². The molecule has 3 fully saturated rings. The van der Waals surface area contributed by atoms with Gasteiger partial charge in [0.25, 0.3) is 0 Å². The van der Waals surface area contributed by atoms with Crippen LogP contribution in [0.4, 0.5) is 4.39 Å². The summed E-state index contributed by atoms with van der Waals surface area (Å²) in [5.74, 6) is 1.22. The van der Waals surface area contributed by atoms with Gasteiger partial charge in [0.05, 0.1) is 12.7 Å². The van der Waals surface area contributed by atoms with Crippen LogP contribution in [0.2, 0.25) is 0 Å². The molecule has 2 unspecified atom stereocenters. The number of rotatable bonds is 1. The quantitative estimate of drug-likeness (QED) is 0.726. The summed E-state index contributed by atoms with van der Waals surface area (Å²) in [6.07, 6.45) is 8.75. The highest BCUT2D eigenvalue weighted by atomic mass is 19.1. The van der Waals surface area contributed by atoms with Crippen LogP contribution in [-0.2, 0) is 0 Å². The van der Waals surface area contributed by atoms with Crippen LogP contribution in [-0.4, -0.2) is 29.1 Å². The Hall–Kier alpha value is -0.410. The molecule has 0 aromatic carbocycles. The van der Waals surface area contributed by atoms with E-state index in [-0.39, 0.29) is 12.5 Å². The number of alkyl halides is 1. The summed E-state index contributed by atoms with van der Waals surface area (Å²) in [5, 5.41) is 20.4. The van der Waals surface area contributed by atoms with E-state index in [0.717, 1.165) is 19.3 Å². The maximum atomic E-state index is 14.3. The first-order chi connectivity index (χ1) is 10.5. The van der Waals surface area contributed by atoms with E-state index in [1.165, 1.54) is 25.7 Å². The van der Waals surface area contributed by atoms with Gasteiger partial charge in [-0.2, -0.15) is 0 Å². The van der Waals surface area contributed by atoms with Gasteiger partial charge < -0.3 is 10.2 Å². The second kappa shape index (κ2) is 5.04. The third kappa shape index (κ3) is 1.78. The Morgan fingerprint density at radius 1 is 1.27 bits per heavy atom. The zero-order chi connectivity index (χ0) is 15.5. The molecule has 0 amide bonds. The third-order valence-electron chi connectivity index (χ3n) is 7.98. The molecule has 0 aliphatic heterocycles. The van der Waals surface area contributed by atoms with Crippen molar-refractivity contribution in [2.45, 2.75) is 70.6 Å². The molecule has 2 N–H and O–H groups in total. The number of halogens is 1. The zero-order valence-electron chi connectivity index (χ0n) is 13.6. The van der Waals surface area contributed by atoms with E-state index in [1.54, 1.807) is 5.57 Å². The second-order valence-corrected chi connectivity index (χ2v) is 8.59. The molecule has 22 heavy (non-hydrogen) atoms. The van der Waals surface area contributed by atoms with Gasteiger partial charge in [0, 0.05) is 5.41 Å². The number of hydrogen-bond acceptors (Lipinski definition) is 2. The smallest absolute Gasteiger partial charge is 0.127 e. The van der Waals surface area contributed by atoms with Gasteiger partial charge in [0.2, 0.25) is 0 Å². The molecular formula is C19H29FO2. The lowest BCUT2D eigenvalue weighted by Crippen LogP contribution is -2.53. The normalized spacial score (nSPS) is 54.2. The third-order valence-corrected chi connectivity index (χ3v) is 7.98. The maximum absolute atomic E-state index is 14.3. The number of aliphatic hydroxyl groups is 2. The fraction of sp³-hybridized carbons (Fsp3) is 0.895. The summed E-state index contributed by atoms with van der Waals surface area (Å²) in [7, 11) is 0. The van der Waals surface area contributed by atoms with Gasteiger partial charge >= 0.3 is 0 Å². The number of hydrogen-bond donors (Lipinski definition) is 2. The lowest BCUT2D eigenvalue weighted by molar-refractivity contribution is -0.107. The van der Waals surface area contributed by atoms with E-state index in [9.17, 15) is 14.6 Å². The average molecular weight is 308 g/mol. The van der Waals surface area contributed by atoms with Crippen molar-refractivity contribution in [3.05, 3.63) is 11.6 Å². The van der Waals surface area contributed by atoms with E-state index in [2.05, 4.69) is 13.0 Å². The molecule has 3 heteroatoms. The van der Waals surface area contributed by atoms with Crippen LogP contribution >= 0.6 is 0 Å². The van der Waals surface area contributed by atoms with Crippen molar-refractivity contribution in [2.24, 2.45) is 28.6 Å². The van der Waals surface area contributed by atoms with Crippen LogP contribution in [0, 0.1) is 28.6 Å². The first kappa shape index (κ1) is 15.1. The van der Waals surface area contributed by atoms with Crippen LogP contribution in [0.3, 0.4) is 0 Å². The molecule has 0 radical (unpaired) electrons. The summed E-state index contributed by atoms with van der Waals surface area (Å²) in [6.45, 7) is 2.37. The molecule has 4 rings (SSSR count). The Morgan fingerprint density at radius 3 is 2.86 bits per heavy atom. The Balaban J connectivity index is 1.71. The molecule has 0 spiro atoms. The topological polar surface area (TPSA) is 40.5 Å². The molecule has 0 aromatic rings. The first-order valence-corrected chi connectivity index (χ1v) is 9.15. The molecule has 0 aromatic heterocycles. The van der Waals surface area contributed by atoms with Crippen LogP contribution in [0.25, 0.3) is 0 Å². The molecule has 4 aliphatic rings. The molecule has 0 saturated heterocycles. The number of fused-ring (bicyclic) bond motifs is 5. The summed E-state index contributed by atoms with van der Waals surface area (Å²) in [6, 6.07) is 0. The van der Waals surface area contributed by atoms with Crippen molar-refractivity contribution in [2.75, 3.05) is 6.61 Å². The molecule has 7 atom stereocenters. The van der Waals surface area contributed by atoms with Crippen molar-refractivity contribution in [1.29, 1.82) is 0 Å². The van der Waals surface area contributed by atoms with Crippen LogP contribution in [0.15, 0.2) is 11.6 Å². The molecule has 2 nitrogen and oxygen atoms in total. The van der Waals surface area contributed by atoms with Crippen LogP contribution < -0.4 is 0 Å². The van der Waals surface area contributed by atoms with Crippen LogP contribution in [0.1, 0.15) is 58.3 Å². The van der Waals surface area contributed by atoms with Gasteiger partial charge in [-0.05, 0) is 68.1 Å². The second-order valence-electron chi connectivity index (χ2n) is 8.59. The summed E-state index contributed by atoms with van der Waals surface area (Å²) < 4.78 is 14.3. The van der Waals surface area contributed by atoms with E-state index in [1.807, 2.05) is 0 Å². The minimum Gasteiger partial charge on any atom is -0.396 e. The Labute approximate surface area is 132 Å². The highest BCUT2D eigenvalue weighted by molar-refractivity contribution is 5.25. The molecule has 0 bridgehead atoms. The van der Waals surface area contributed by atoms with E-state index in [0.29, 0.717) is 23.7 Å². The van der Waals surface area contributed by atoms with Crippen molar-refractivity contribution < 1.29 is 14.6 Å². The van der Waals surface area contributed by atoms with E-state index < -0.39 is 17.7 Å². The van der Waals surface area contributed by atoms with Gasteiger partial charge in [-0.25, -0.2) is 4.39 Å². The fourth-order valence-electron chi connectivity index (χ4n) is 6.74. The highest BCUT2D eigenvalue weighted by Crippen LogP contribution is 2.65. The monoisotopic (exact) mass is 308 g/mol. The minimum atomic E-state index is -1.15. The zero-order valence-corrected chi connectivity index (χ0v) is 13.6. The van der Waals surface area contributed by atoms with Gasteiger partial charge in [0.15, 0.2) is 0 Å². The summed E-state index contributed by atoms with van der Waals surface area (Å²) in [4.78, 5) is 0. The highest BCUT2D eigenvalue weighted by Gasteiger charge is 2.62. The molecule has 3 saturated carbocycles. The molecule has 124 valence electrons. The Bertz CT molecular complexity index is 490. The fourth-order valence-corrected chi connectivity index (χ4v) is 6.74. The van der Waals surface area contributed by atoms with Crippen molar-refractivity contribution in [3.63, 3.8) is 0 Å². The van der Waals surface area contributed by atoms with Crippen molar-refractivity contribution in [3.8, 4) is 0 Å². The van der Waals surface area contributed by atoms with E-state index >= 15 is 0 Å². The van der Waals surface area contributed by atoms with Gasteiger partial charge in [-0.15, -0.1) is 0 Å². The number of aliphatic hydroxyl groups excluding tert-OH is 2. The number of allylic oxidation sites excluding steroid dienone is 2. The Morgan fingerprint density at radius 2 is 2.09 bits per heavy atom. The SMILES string of the molecule is C[C@]12CCCCC1=CC[C@@H]1[C@H]2CC[C@]2(CO)C(O)C(F)C[C@@H]12. The Kier molecular flexibility index (Phi) is 3.47. The van der Waals surface area contributed by atoms with Crippen molar-refractivity contribution >= 4 is 0 Å². The van der Waals surface area contributed by atoms with Crippen LogP contribution in [0.5, 0.6) is 0 Å². The average Bonchev–Trinajstić information content (AvgIpc) is 2.79. The largest absolute Gasteiger partial charge is 0.396 e. The lowest BCUT2D eigenvalue weighted by Gasteiger charge is -2.57. The van der Waals surface area contributed by atoms with Gasteiger partial charge in [0.1, 0.15) is 6.17 Å². The maximum Gasteiger partial charge on any atom is 0.127 e. The predicted octanol–water partition coefficient (Wildman–Crippen LogP) is 3.62. The summed E-state index contributed by atoms with van der Waals surface area (Å²) in [5.41, 5.74) is 1.37. The predicted molar refractivity (Wildman–Crippen MR) is 84.0 cm³/mol.